The van der Waals surface area contributed by atoms with Gasteiger partial charge in [-0.05, 0) is 44.0 Å². The van der Waals surface area contributed by atoms with Crippen LogP contribution in [0, 0.1) is 5.92 Å². The summed E-state index contributed by atoms with van der Waals surface area (Å²) in [6.45, 7) is 2.41. The third-order valence-electron chi connectivity index (χ3n) is 4.86. The lowest BCUT2D eigenvalue weighted by molar-refractivity contribution is -0.149. The Morgan fingerprint density at radius 2 is 2.08 bits per heavy atom. The van der Waals surface area contributed by atoms with Gasteiger partial charge in [0.1, 0.15) is 0 Å². The van der Waals surface area contributed by atoms with Crippen LogP contribution in [-0.4, -0.2) is 39.5 Å². The fourth-order valence-electron chi connectivity index (χ4n) is 3.36. The van der Waals surface area contributed by atoms with Gasteiger partial charge in [0, 0.05) is 36.0 Å². The average Bonchev–Trinajstić information content (AvgIpc) is 3.09. The number of aromatic nitrogens is 1. The molecule has 0 aliphatic carbocycles. The lowest BCUT2D eigenvalue weighted by Gasteiger charge is -2.37. The lowest BCUT2D eigenvalue weighted by Crippen LogP contribution is -2.49. The van der Waals surface area contributed by atoms with E-state index in [1.807, 2.05) is 12.1 Å². The first-order valence-corrected chi connectivity index (χ1v) is 9.06. The molecular formula is C19H21ClN2O4. The number of carboxylic acid groups (broad SMARTS) is 1. The van der Waals surface area contributed by atoms with Crippen molar-refractivity contribution in [2.45, 2.75) is 38.6 Å². The van der Waals surface area contributed by atoms with Crippen molar-refractivity contribution >= 4 is 23.5 Å². The Kier molecular flexibility index (Phi) is 5.61. The van der Waals surface area contributed by atoms with Crippen LogP contribution >= 0.6 is 11.6 Å². The molecule has 0 saturated carbocycles. The molecule has 1 aromatic carbocycles. The zero-order valence-electron chi connectivity index (χ0n) is 14.5. The van der Waals surface area contributed by atoms with E-state index in [4.69, 9.17) is 16.0 Å². The first-order chi connectivity index (χ1) is 12.5. The highest BCUT2D eigenvalue weighted by atomic mass is 35.5. The summed E-state index contributed by atoms with van der Waals surface area (Å²) in [5, 5.41) is 9.92. The van der Waals surface area contributed by atoms with Crippen molar-refractivity contribution < 1.29 is 19.1 Å². The predicted molar refractivity (Wildman–Crippen MR) is 96.8 cm³/mol. The molecule has 6 nitrogen and oxygen atoms in total. The van der Waals surface area contributed by atoms with Gasteiger partial charge in [-0.2, -0.15) is 0 Å². The van der Waals surface area contributed by atoms with Crippen LogP contribution in [0.25, 0.3) is 11.3 Å². The van der Waals surface area contributed by atoms with Crippen LogP contribution < -0.4 is 0 Å². The minimum absolute atomic E-state index is 0.0605. The van der Waals surface area contributed by atoms with E-state index in [-0.39, 0.29) is 18.4 Å². The molecule has 2 heterocycles. The maximum atomic E-state index is 12.5. The fourth-order valence-corrected chi connectivity index (χ4v) is 3.48. The van der Waals surface area contributed by atoms with Crippen molar-refractivity contribution in [3.8, 4) is 11.3 Å². The van der Waals surface area contributed by atoms with Gasteiger partial charge in [0.25, 0.3) is 0 Å². The van der Waals surface area contributed by atoms with Crippen LogP contribution in [0.4, 0.5) is 0 Å². The first-order valence-electron chi connectivity index (χ1n) is 8.68. The highest BCUT2D eigenvalue weighted by Gasteiger charge is 2.35. The summed E-state index contributed by atoms with van der Waals surface area (Å²) in [5.41, 5.74) is 0.869. The number of likely N-dealkylation sites (tertiary alicyclic amines) is 1. The van der Waals surface area contributed by atoms with Gasteiger partial charge in [0.05, 0.1) is 12.1 Å². The maximum absolute atomic E-state index is 12.5. The van der Waals surface area contributed by atoms with Crippen LogP contribution in [0.5, 0.6) is 0 Å². The fraction of sp³-hybridized carbons (Fsp3) is 0.421. The van der Waals surface area contributed by atoms with E-state index in [9.17, 15) is 14.7 Å². The molecule has 1 aliphatic rings. The van der Waals surface area contributed by atoms with Crippen molar-refractivity contribution in [2.24, 2.45) is 5.92 Å². The smallest absolute Gasteiger partial charge is 0.308 e. The normalized spacial score (nSPS) is 20.2. The van der Waals surface area contributed by atoms with Crippen molar-refractivity contribution in [1.29, 1.82) is 0 Å². The van der Waals surface area contributed by atoms with Gasteiger partial charge in [-0.25, -0.2) is 4.98 Å². The molecule has 1 N–H and O–H groups in total. The van der Waals surface area contributed by atoms with Gasteiger partial charge in [-0.1, -0.05) is 11.6 Å². The molecule has 1 saturated heterocycles. The van der Waals surface area contributed by atoms with E-state index in [0.717, 1.165) is 5.56 Å². The Morgan fingerprint density at radius 1 is 1.35 bits per heavy atom. The van der Waals surface area contributed by atoms with E-state index in [1.165, 1.54) is 0 Å². The van der Waals surface area contributed by atoms with Crippen LogP contribution in [0.15, 0.2) is 34.9 Å². The number of halogens is 1. The number of carboxylic acids is 1. The molecule has 138 valence electrons. The van der Waals surface area contributed by atoms with Crippen LogP contribution in [0.3, 0.4) is 0 Å². The van der Waals surface area contributed by atoms with E-state index in [1.54, 1.807) is 30.2 Å². The largest absolute Gasteiger partial charge is 0.481 e. The Bertz CT molecular complexity index is 787. The van der Waals surface area contributed by atoms with Gasteiger partial charge >= 0.3 is 5.97 Å². The van der Waals surface area contributed by atoms with Gasteiger partial charge in [0.15, 0.2) is 11.7 Å². The van der Waals surface area contributed by atoms with E-state index in [0.29, 0.717) is 42.5 Å². The summed E-state index contributed by atoms with van der Waals surface area (Å²) in [7, 11) is 0. The van der Waals surface area contributed by atoms with Crippen LogP contribution in [0.1, 0.15) is 32.1 Å². The molecule has 1 amide bonds. The molecule has 0 unspecified atom stereocenters. The summed E-state index contributed by atoms with van der Waals surface area (Å²) in [6, 6.07) is 6.96. The highest BCUT2D eigenvalue weighted by Crippen LogP contribution is 2.26. The standard InChI is InChI=1S/C19H21ClN2O4/c1-12-15(19(24)25)3-2-10-22(12)18(23)9-8-17-21-11-16(26-17)13-4-6-14(20)7-5-13/h4-7,11-12,15H,2-3,8-10H2,1H3,(H,24,25)/t12-,15-/m1/s1. The second-order valence-electron chi connectivity index (χ2n) is 6.54. The molecule has 1 aromatic heterocycles. The SMILES string of the molecule is C[C@@H]1[C@H](C(=O)O)CCCN1C(=O)CCc1ncc(-c2ccc(Cl)cc2)o1. The molecule has 0 spiro atoms. The zero-order chi connectivity index (χ0) is 18.7. The molecule has 0 radical (unpaired) electrons. The Labute approximate surface area is 156 Å². The van der Waals surface area contributed by atoms with Gasteiger partial charge < -0.3 is 14.4 Å². The molecular weight excluding hydrogens is 356 g/mol. The van der Waals surface area contributed by atoms with Crippen molar-refractivity contribution in [3.63, 3.8) is 0 Å². The Hall–Kier alpha value is -2.34. The van der Waals surface area contributed by atoms with E-state index in [2.05, 4.69) is 4.98 Å². The molecule has 1 aliphatic heterocycles. The van der Waals surface area contributed by atoms with Crippen molar-refractivity contribution in [2.75, 3.05) is 6.54 Å². The Balaban J connectivity index is 1.59. The second kappa shape index (κ2) is 7.91. The highest BCUT2D eigenvalue weighted by molar-refractivity contribution is 6.30. The Morgan fingerprint density at radius 3 is 2.77 bits per heavy atom. The number of rotatable bonds is 5. The summed E-state index contributed by atoms with van der Waals surface area (Å²) in [4.78, 5) is 29.7. The molecule has 1 fully saturated rings. The number of benzene rings is 1. The number of hydrogen-bond acceptors (Lipinski definition) is 4. The van der Waals surface area contributed by atoms with Gasteiger partial charge in [0.2, 0.25) is 5.91 Å². The van der Waals surface area contributed by atoms with Crippen molar-refractivity contribution in [1.82, 2.24) is 9.88 Å². The number of amides is 1. The number of piperidine rings is 1. The zero-order valence-corrected chi connectivity index (χ0v) is 15.3. The lowest BCUT2D eigenvalue weighted by atomic mass is 9.90. The molecule has 0 bridgehead atoms. The minimum Gasteiger partial charge on any atom is -0.481 e. The molecule has 26 heavy (non-hydrogen) atoms. The maximum Gasteiger partial charge on any atom is 0.308 e. The second-order valence-corrected chi connectivity index (χ2v) is 6.98. The van der Waals surface area contributed by atoms with Crippen molar-refractivity contribution in [3.05, 3.63) is 41.4 Å². The number of carbonyl (C=O) groups is 2. The summed E-state index contributed by atoms with van der Waals surface area (Å²) < 4.78 is 5.71. The third kappa shape index (κ3) is 4.07. The quantitative estimate of drug-likeness (QED) is 0.861. The van der Waals surface area contributed by atoms with Crippen LogP contribution in [-0.2, 0) is 16.0 Å². The number of hydrogen-bond donors (Lipinski definition) is 1. The summed E-state index contributed by atoms with van der Waals surface area (Å²) in [5.74, 6) is -0.278. The molecule has 7 heteroatoms. The van der Waals surface area contributed by atoms with Crippen LogP contribution in [0.2, 0.25) is 5.02 Å². The minimum atomic E-state index is -0.838. The van der Waals surface area contributed by atoms with E-state index >= 15 is 0 Å². The summed E-state index contributed by atoms with van der Waals surface area (Å²) in [6.07, 6.45) is 3.59. The molecule has 3 rings (SSSR count). The monoisotopic (exact) mass is 376 g/mol. The first kappa shape index (κ1) is 18.5. The number of aliphatic carboxylic acids is 1. The number of aryl methyl sites for hydroxylation is 1. The molecule has 2 atom stereocenters. The van der Waals surface area contributed by atoms with Gasteiger partial charge in [-0.15, -0.1) is 0 Å². The molecule has 2 aromatic rings. The van der Waals surface area contributed by atoms with Gasteiger partial charge in [-0.3, -0.25) is 9.59 Å². The number of nitrogens with zero attached hydrogens (tertiary/aromatic N) is 2. The number of oxazole rings is 1. The number of carbonyl (C=O) groups excluding carboxylic acids is 1. The van der Waals surface area contributed by atoms with E-state index < -0.39 is 11.9 Å². The topological polar surface area (TPSA) is 83.6 Å². The third-order valence-corrected chi connectivity index (χ3v) is 5.11. The average molecular weight is 377 g/mol. The summed E-state index contributed by atoms with van der Waals surface area (Å²) >= 11 is 5.88. The predicted octanol–water partition coefficient (Wildman–Crippen LogP) is 3.64.